The molecule has 0 atom stereocenters. The van der Waals surface area contributed by atoms with Gasteiger partial charge in [-0.1, -0.05) is 5.11 Å². The topological polar surface area (TPSA) is 65.8 Å². The van der Waals surface area contributed by atoms with E-state index in [-0.39, 0.29) is 11.5 Å². The largest absolute Gasteiger partial charge is 0.299 e. The van der Waals surface area contributed by atoms with Gasteiger partial charge in [-0.2, -0.15) is 0 Å². The van der Waals surface area contributed by atoms with E-state index in [2.05, 4.69) is 10.0 Å². The van der Waals surface area contributed by atoms with Gasteiger partial charge >= 0.3 is 0 Å². The minimum atomic E-state index is -0.333. The summed E-state index contributed by atoms with van der Waals surface area (Å²) in [6, 6.07) is 0. The molecule has 3 fully saturated rings. The highest BCUT2D eigenvalue weighted by Gasteiger charge is 2.44. The SMILES string of the molecule is [N-]=[N+]=NC12CCC(CC1)C(=O)C2. The van der Waals surface area contributed by atoms with Crippen LogP contribution in [0.25, 0.3) is 10.4 Å². The fraction of sp³-hybridized carbons (Fsp3) is 0.875. The van der Waals surface area contributed by atoms with Crippen LogP contribution >= 0.6 is 0 Å². The van der Waals surface area contributed by atoms with Crippen LogP contribution in [0.1, 0.15) is 32.1 Å². The third-order valence-electron chi connectivity index (χ3n) is 3.13. The van der Waals surface area contributed by atoms with E-state index >= 15 is 0 Å². The molecule has 0 heterocycles. The van der Waals surface area contributed by atoms with Crippen LogP contribution in [0.15, 0.2) is 5.11 Å². The lowest BCUT2D eigenvalue weighted by Gasteiger charge is -2.41. The van der Waals surface area contributed by atoms with Crippen LogP contribution in [-0.2, 0) is 4.79 Å². The van der Waals surface area contributed by atoms with E-state index in [1.807, 2.05) is 0 Å². The summed E-state index contributed by atoms with van der Waals surface area (Å²) in [4.78, 5) is 14.2. The van der Waals surface area contributed by atoms with Crippen molar-refractivity contribution in [3.8, 4) is 0 Å². The van der Waals surface area contributed by atoms with Gasteiger partial charge in [-0.15, -0.1) is 0 Å². The highest BCUT2D eigenvalue weighted by molar-refractivity contribution is 5.84. The normalized spacial score (nSPS) is 39.3. The maximum absolute atomic E-state index is 11.4. The second-order valence-electron chi connectivity index (χ2n) is 3.83. The quantitative estimate of drug-likeness (QED) is 0.333. The number of rotatable bonds is 1. The monoisotopic (exact) mass is 165 g/mol. The van der Waals surface area contributed by atoms with Crippen molar-refractivity contribution in [1.29, 1.82) is 0 Å². The maximum atomic E-state index is 11.4. The molecule has 4 nitrogen and oxygen atoms in total. The van der Waals surface area contributed by atoms with Crippen molar-refractivity contribution >= 4 is 5.78 Å². The Morgan fingerprint density at radius 1 is 1.50 bits per heavy atom. The van der Waals surface area contributed by atoms with Gasteiger partial charge in [-0.25, -0.2) is 0 Å². The number of hydrogen-bond acceptors (Lipinski definition) is 2. The smallest absolute Gasteiger partial charge is 0.136 e. The highest BCUT2D eigenvalue weighted by atomic mass is 16.1. The molecule has 0 aromatic heterocycles. The zero-order chi connectivity index (χ0) is 8.60. The standard InChI is InChI=1S/C8H11N3O/c9-11-10-8-3-1-6(2-4-8)7(12)5-8/h6H,1-5H2. The lowest BCUT2D eigenvalue weighted by atomic mass is 9.65. The van der Waals surface area contributed by atoms with Gasteiger partial charge in [0.25, 0.3) is 0 Å². The number of fused-ring (bicyclic) bond motifs is 3. The number of hydrogen-bond donors (Lipinski definition) is 0. The van der Waals surface area contributed by atoms with Gasteiger partial charge in [0.2, 0.25) is 0 Å². The first-order chi connectivity index (χ1) is 5.76. The van der Waals surface area contributed by atoms with Crippen molar-refractivity contribution in [3.05, 3.63) is 10.4 Å². The molecule has 0 N–H and O–H groups in total. The van der Waals surface area contributed by atoms with Gasteiger partial charge in [0.15, 0.2) is 0 Å². The fourth-order valence-corrected chi connectivity index (χ4v) is 2.35. The molecule has 0 unspecified atom stereocenters. The molecule has 3 rings (SSSR count). The molecule has 3 aliphatic rings. The molecule has 3 saturated carbocycles. The third kappa shape index (κ3) is 0.994. The number of carbonyl (C=O) groups excluding carboxylic acids is 1. The number of nitrogens with zero attached hydrogens (tertiary/aromatic N) is 3. The van der Waals surface area contributed by atoms with Gasteiger partial charge in [0, 0.05) is 17.3 Å². The van der Waals surface area contributed by atoms with Crippen molar-refractivity contribution in [3.63, 3.8) is 0 Å². The van der Waals surface area contributed by atoms with Crippen molar-refractivity contribution in [2.45, 2.75) is 37.6 Å². The Morgan fingerprint density at radius 2 is 2.17 bits per heavy atom. The van der Waals surface area contributed by atoms with Crippen molar-refractivity contribution in [2.75, 3.05) is 0 Å². The molecule has 0 spiro atoms. The van der Waals surface area contributed by atoms with Gasteiger partial charge in [-0.3, -0.25) is 4.79 Å². The first-order valence-electron chi connectivity index (χ1n) is 4.35. The van der Waals surface area contributed by atoms with E-state index in [9.17, 15) is 4.79 Å². The molecule has 0 aliphatic heterocycles. The van der Waals surface area contributed by atoms with Crippen molar-refractivity contribution in [1.82, 2.24) is 0 Å². The summed E-state index contributed by atoms with van der Waals surface area (Å²) < 4.78 is 0. The fourth-order valence-electron chi connectivity index (χ4n) is 2.35. The molecule has 0 saturated heterocycles. The number of ketones is 1. The Balaban J connectivity index is 2.26. The molecular formula is C8H11N3O. The van der Waals surface area contributed by atoms with Crippen LogP contribution in [0.3, 0.4) is 0 Å². The van der Waals surface area contributed by atoms with Crippen molar-refractivity contribution in [2.24, 2.45) is 11.0 Å². The molecular weight excluding hydrogens is 154 g/mol. The first-order valence-corrected chi connectivity index (χ1v) is 4.35. The Hall–Kier alpha value is -1.02. The number of Topliss-reactive ketones (excluding diaryl/α,β-unsaturated/α-hetero) is 1. The molecule has 0 radical (unpaired) electrons. The second-order valence-corrected chi connectivity index (χ2v) is 3.83. The molecule has 12 heavy (non-hydrogen) atoms. The van der Waals surface area contributed by atoms with E-state index in [1.54, 1.807) is 0 Å². The van der Waals surface area contributed by atoms with Gasteiger partial charge in [-0.05, 0) is 31.2 Å². The third-order valence-corrected chi connectivity index (χ3v) is 3.13. The van der Waals surface area contributed by atoms with Crippen LogP contribution in [0, 0.1) is 5.92 Å². The molecule has 2 bridgehead atoms. The van der Waals surface area contributed by atoms with E-state index in [0.29, 0.717) is 12.2 Å². The molecule has 0 aromatic rings. The number of azide groups is 1. The molecule has 4 heteroatoms. The van der Waals surface area contributed by atoms with E-state index in [0.717, 1.165) is 25.7 Å². The Morgan fingerprint density at radius 3 is 2.67 bits per heavy atom. The van der Waals surface area contributed by atoms with Crippen LogP contribution in [0.5, 0.6) is 0 Å². The zero-order valence-electron chi connectivity index (χ0n) is 6.86. The van der Waals surface area contributed by atoms with E-state index < -0.39 is 0 Å². The summed E-state index contributed by atoms with van der Waals surface area (Å²) in [6.07, 6.45) is 4.17. The second kappa shape index (κ2) is 2.49. The lowest BCUT2D eigenvalue weighted by Crippen LogP contribution is -2.43. The average molecular weight is 165 g/mol. The zero-order valence-corrected chi connectivity index (χ0v) is 6.86. The van der Waals surface area contributed by atoms with Gasteiger partial charge in [0.1, 0.15) is 5.78 Å². The highest BCUT2D eigenvalue weighted by Crippen LogP contribution is 2.44. The van der Waals surface area contributed by atoms with Crippen LogP contribution < -0.4 is 0 Å². The predicted molar refractivity (Wildman–Crippen MR) is 43.5 cm³/mol. The maximum Gasteiger partial charge on any atom is 0.136 e. The Kier molecular flexibility index (Phi) is 1.58. The summed E-state index contributed by atoms with van der Waals surface area (Å²) >= 11 is 0. The van der Waals surface area contributed by atoms with Gasteiger partial charge < -0.3 is 0 Å². The first kappa shape index (κ1) is 7.62. The molecule has 64 valence electrons. The van der Waals surface area contributed by atoms with Gasteiger partial charge in [0.05, 0.1) is 5.54 Å². The van der Waals surface area contributed by atoms with Crippen LogP contribution in [0.2, 0.25) is 0 Å². The molecule has 0 amide bonds. The number of carbonyl (C=O) groups is 1. The average Bonchev–Trinajstić information content (AvgIpc) is 2.05. The minimum Gasteiger partial charge on any atom is -0.299 e. The van der Waals surface area contributed by atoms with Crippen LogP contribution in [0.4, 0.5) is 0 Å². The lowest BCUT2D eigenvalue weighted by molar-refractivity contribution is -0.129. The summed E-state index contributed by atoms with van der Waals surface area (Å²) in [5.74, 6) is 0.584. The van der Waals surface area contributed by atoms with Crippen LogP contribution in [-0.4, -0.2) is 11.3 Å². The summed E-state index contributed by atoms with van der Waals surface area (Å²) in [5, 5.41) is 3.78. The molecule has 3 aliphatic carbocycles. The van der Waals surface area contributed by atoms with E-state index in [1.165, 1.54) is 0 Å². The Labute approximate surface area is 70.6 Å². The predicted octanol–water partition coefficient (Wildman–Crippen LogP) is 2.20. The summed E-state index contributed by atoms with van der Waals surface area (Å²) in [5.41, 5.74) is 8.03. The summed E-state index contributed by atoms with van der Waals surface area (Å²) in [6.45, 7) is 0. The van der Waals surface area contributed by atoms with Crippen molar-refractivity contribution < 1.29 is 4.79 Å². The summed E-state index contributed by atoms with van der Waals surface area (Å²) in [7, 11) is 0. The molecule has 0 aromatic carbocycles. The Bertz CT molecular complexity index is 259. The minimum absolute atomic E-state index is 0.278. The van der Waals surface area contributed by atoms with E-state index in [4.69, 9.17) is 5.53 Å².